The topological polar surface area (TPSA) is 51.1 Å². The Bertz CT molecular complexity index is 1140. The van der Waals surface area contributed by atoms with Crippen LogP contribution in [0.25, 0.3) is 21.5 Å². The van der Waals surface area contributed by atoms with Crippen molar-refractivity contribution in [1.29, 1.82) is 0 Å². The summed E-state index contributed by atoms with van der Waals surface area (Å²) < 4.78 is 1.43. The average molecular weight is 328 g/mol. The first-order valence-electron chi connectivity index (χ1n) is 8.08. The van der Waals surface area contributed by atoms with Crippen molar-refractivity contribution in [3.8, 4) is 0 Å². The fourth-order valence-corrected chi connectivity index (χ4v) is 3.03. The van der Waals surface area contributed by atoms with Crippen molar-refractivity contribution >= 4 is 33.1 Å². The zero-order valence-corrected chi connectivity index (χ0v) is 13.5. The Morgan fingerprint density at radius 2 is 1.44 bits per heavy atom. The van der Waals surface area contributed by atoms with Crippen molar-refractivity contribution in [2.75, 3.05) is 5.32 Å². The zero-order chi connectivity index (χ0) is 17.2. The molecule has 0 aliphatic carbocycles. The molecule has 0 saturated heterocycles. The minimum absolute atomic E-state index is 0.0209. The highest BCUT2D eigenvalue weighted by Gasteiger charge is 2.09. The molecule has 0 aliphatic rings. The maximum Gasteiger partial charge on any atom is 0.258 e. The monoisotopic (exact) mass is 328 g/mol. The SMILES string of the molecule is O=C(Cn1ccc2ccccc2c1=O)Nc1cccc2ccccc12. The Labute approximate surface area is 144 Å². The van der Waals surface area contributed by atoms with Crippen LogP contribution in [-0.4, -0.2) is 10.5 Å². The molecule has 4 rings (SSSR count). The maximum absolute atomic E-state index is 12.5. The lowest BCUT2D eigenvalue weighted by Gasteiger charge is -2.10. The summed E-state index contributed by atoms with van der Waals surface area (Å²) in [6.45, 7) is -0.0209. The molecule has 4 aromatic rings. The average Bonchev–Trinajstić information content (AvgIpc) is 2.65. The third-order valence-corrected chi connectivity index (χ3v) is 4.26. The lowest BCUT2D eigenvalue weighted by atomic mass is 10.1. The first-order chi connectivity index (χ1) is 12.2. The van der Waals surface area contributed by atoms with E-state index in [0.29, 0.717) is 5.39 Å². The number of fused-ring (bicyclic) bond motifs is 2. The van der Waals surface area contributed by atoms with Gasteiger partial charge in [-0.15, -0.1) is 0 Å². The molecule has 1 N–H and O–H groups in total. The molecule has 25 heavy (non-hydrogen) atoms. The third-order valence-electron chi connectivity index (χ3n) is 4.26. The van der Waals surface area contributed by atoms with Crippen LogP contribution in [-0.2, 0) is 11.3 Å². The summed E-state index contributed by atoms with van der Waals surface area (Å²) >= 11 is 0. The Hall–Kier alpha value is -3.40. The van der Waals surface area contributed by atoms with Crippen molar-refractivity contribution in [2.24, 2.45) is 0 Å². The van der Waals surface area contributed by atoms with Crippen LogP contribution >= 0.6 is 0 Å². The lowest BCUT2D eigenvalue weighted by Crippen LogP contribution is -2.27. The molecule has 1 amide bonds. The zero-order valence-electron chi connectivity index (χ0n) is 13.5. The van der Waals surface area contributed by atoms with Crippen LogP contribution < -0.4 is 10.9 Å². The van der Waals surface area contributed by atoms with Gasteiger partial charge in [0.2, 0.25) is 5.91 Å². The molecule has 0 saturated carbocycles. The Balaban J connectivity index is 1.62. The van der Waals surface area contributed by atoms with Crippen LogP contribution in [0.1, 0.15) is 0 Å². The summed E-state index contributed by atoms with van der Waals surface area (Å²) in [5.41, 5.74) is 0.586. The minimum Gasteiger partial charge on any atom is -0.324 e. The van der Waals surface area contributed by atoms with Crippen molar-refractivity contribution in [2.45, 2.75) is 6.54 Å². The van der Waals surface area contributed by atoms with Crippen LogP contribution in [0, 0.1) is 0 Å². The fourth-order valence-electron chi connectivity index (χ4n) is 3.03. The number of aromatic nitrogens is 1. The molecule has 0 radical (unpaired) electrons. The van der Waals surface area contributed by atoms with E-state index >= 15 is 0 Å². The number of amides is 1. The number of hydrogen-bond acceptors (Lipinski definition) is 2. The highest BCUT2D eigenvalue weighted by atomic mass is 16.2. The van der Waals surface area contributed by atoms with Crippen molar-refractivity contribution in [1.82, 2.24) is 4.57 Å². The first kappa shape index (κ1) is 15.1. The number of nitrogens with zero attached hydrogens (tertiary/aromatic N) is 1. The van der Waals surface area contributed by atoms with E-state index in [-0.39, 0.29) is 18.0 Å². The number of nitrogens with one attached hydrogen (secondary N) is 1. The number of pyridine rings is 1. The van der Waals surface area contributed by atoms with E-state index in [1.54, 1.807) is 12.3 Å². The molecule has 0 unspecified atom stereocenters. The second-order valence-corrected chi connectivity index (χ2v) is 5.91. The molecule has 0 atom stereocenters. The summed E-state index contributed by atoms with van der Waals surface area (Å²) in [5.74, 6) is -0.228. The van der Waals surface area contributed by atoms with Gasteiger partial charge in [0.15, 0.2) is 0 Å². The van der Waals surface area contributed by atoms with E-state index in [4.69, 9.17) is 0 Å². The summed E-state index contributed by atoms with van der Waals surface area (Å²) in [6, 6.07) is 22.8. The Kier molecular flexibility index (Phi) is 3.78. The van der Waals surface area contributed by atoms with Crippen LogP contribution in [0.5, 0.6) is 0 Å². The van der Waals surface area contributed by atoms with Gasteiger partial charge in [0.1, 0.15) is 6.54 Å². The number of hydrogen-bond donors (Lipinski definition) is 1. The minimum atomic E-state index is -0.228. The van der Waals surface area contributed by atoms with Gasteiger partial charge in [-0.1, -0.05) is 54.6 Å². The molecule has 122 valence electrons. The summed E-state index contributed by atoms with van der Waals surface area (Å²) in [7, 11) is 0. The van der Waals surface area contributed by atoms with Gasteiger partial charge < -0.3 is 9.88 Å². The highest BCUT2D eigenvalue weighted by Crippen LogP contribution is 2.22. The van der Waals surface area contributed by atoms with Crippen LogP contribution in [0.4, 0.5) is 5.69 Å². The predicted octanol–water partition coefficient (Wildman–Crippen LogP) is 3.79. The van der Waals surface area contributed by atoms with E-state index in [1.165, 1.54) is 4.57 Å². The summed E-state index contributed by atoms with van der Waals surface area (Å²) in [6.07, 6.45) is 1.66. The van der Waals surface area contributed by atoms with Gasteiger partial charge in [0, 0.05) is 22.7 Å². The smallest absolute Gasteiger partial charge is 0.258 e. The summed E-state index contributed by atoms with van der Waals surface area (Å²) in [4.78, 5) is 25.0. The van der Waals surface area contributed by atoms with E-state index in [0.717, 1.165) is 21.8 Å². The second-order valence-electron chi connectivity index (χ2n) is 5.91. The third kappa shape index (κ3) is 2.90. The van der Waals surface area contributed by atoms with Crippen molar-refractivity contribution < 1.29 is 4.79 Å². The molecule has 4 heteroatoms. The first-order valence-corrected chi connectivity index (χ1v) is 8.08. The molecule has 0 bridgehead atoms. The van der Waals surface area contributed by atoms with Gasteiger partial charge in [-0.05, 0) is 29.0 Å². The molecule has 0 aliphatic heterocycles. The van der Waals surface area contributed by atoms with Crippen LogP contribution in [0.15, 0.2) is 83.8 Å². The number of carbonyl (C=O) groups is 1. The normalized spacial score (nSPS) is 10.9. The number of rotatable bonds is 3. The molecule has 0 spiro atoms. The van der Waals surface area contributed by atoms with E-state index in [9.17, 15) is 9.59 Å². The molecule has 0 fully saturated rings. The van der Waals surface area contributed by atoms with Gasteiger partial charge in [-0.2, -0.15) is 0 Å². The van der Waals surface area contributed by atoms with E-state index in [2.05, 4.69) is 5.32 Å². The van der Waals surface area contributed by atoms with Crippen LogP contribution in [0.2, 0.25) is 0 Å². The highest BCUT2D eigenvalue weighted by molar-refractivity contribution is 6.02. The number of benzene rings is 3. The van der Waals surface area contributed by atoms with Gasteiger partial charge in [-0.25, -0.2) is 0 Å². The van der Waals surface area contributed by atoms with Crippen molar-refractivity contribution in [3.63, 3.8) is 0 Å². The standard InChI is InChI=1S/C21H16N2O2/c24-20(22-19-11-5-8-15-6-1-3-9-17(15)19)14-23-13-12-16-7-2-4-10-18(16)21(23)25/h1-13H,14H2,(H,22,24). The number of carbonyl (C=O) groups excluding carboxylic acids is 1. The predicted molar refractivity (Wildman–Crippen MR) is 101 cm³/mol. The molecule has 1 aromatic heterocycles. The van der Waals surface area contributed by atoms with Gasteiger partial charge in [0.05, 0.1) is 0 Å². The number of anilines is 1. The largest absolute Gasteiger partial charge is 0.324 e. The molecular weight excluding hydrogens is 312 g/mol. The summed E-state index contributed by atoms with van der Waals surface area (Å²) in [5, 5.41) is 6.43. The quantitative estimate of drug-likeness (QED) is 0.622. The van der Waals surface area contributed by atoms with Crippen LogP contribution in [0.3, 0.4) is 0 Å². The molecule has 3 aromatic carbocycles. The van der Waals surface area contributed by atoms with Gasteiger partial charge in [0.25, 0.3) is 5.56 Å². The Morgan fingerprint density at radius 1 is 0.800 bits per heavy atom. The van der Waals surface area contributed by atoms with Gasteiger partial charge >= 0.3 is 0 Å². The fraction of sp³-hybridized carbons (Fsp3) is 0.0476. The van der Waals surface area contributed by atoms with E-state index in [1.807, 2.05) is 66.7 Å². The lowest BCUT2D eigenvalue weighted by molar-refractivity contribution is -0.116. The van der Waals surface area contributed by atoms with E-state index < -0.39 is 0 Å². The molecule has 4 nitrogen and oxygen atoms in total. The van der Waals surface area contributed by atoms with Crippen molar-refractivity contribution in [3.05, 3.63) is 89.3 Å². The second kappa shape index (κ2) is 6.24. The molecule has 1 heterocycles. The maximum atomic E-state index is 12.5. The van der Waals surface area contributed by atoms with Gasteiger partial charge in [-0.3, -0.25) is 9.59 Å². The Morgan fingerprint density at radius 3 is 2.24 bits per heavy atom. The molecular formula is C21H16N2O2.